The fourth-order valence-corrected chi connectivity index (χ4v) is 4.09. The Morgan fingerprint density at radius 3 is 2.58 bits per heavy atom. The van der Waals surface area contributed by atoms with Crippen LogP contribution in [-0.4, -0.2) is 51.1 Å². The first kappa shape index (κ1) is 18.7. The molecule has 2 rings (SSSR count). The van der Waals surface area contributed by atoms with Crippen molar-refractivity contribution >= 4 is 15.9 Å². The molecular formula is C17H26N2O4S. The number of methoxy groups -OCH3 is 1. The second-order valence-electron chi connectivity index (χ2n) is 5.93. The van der Waals surface area contributed by atoms with E-state index in [0.717, 1.165) is 11.3 Å². The summed E-state index contributed by atoms with van der Waals surface area (Å²) in [6, 6.07) is 7.75. The molecule has 0 spiro atoms. The summed E-state index contributed by atoms with van der Waals surface area (Å²) < 4.78 is 30.5. The minimum atomic E-state index is -3.14. The number of ether oxygens (including phenoxy) is 1. The molecule has 0 saturated carbocycles. The fraction of sp³-hybridized carbons (Fsp3) is 0.588. The van der Waals surface area contributed by atoms with Crippen LogP contribution in [0, 0.1) is 5.92 Å². The number of hydrogen-bond donors (Lipinski definition) is 1. The zero-order chi connectivity index (χ0) is 17.6. The number of benzene rings is 1. The first-order chi connectivity index (χ1) is 11.5. The maximum Gasteiger partial charge on any atom is 0.223 e. The molecule has 1 amide bonds. The van der Waals surface area contributed by atoms with Crippen molar-refractivity contribution in [2.24, 2.45) is 5.92 Å². The van der Waals surface area contributed by atoms with Crippen LogP contribution in [0.4, 0.5) is 0 Å². The fourth-order valence-electron chi connectivity index (χ4n) is 2.95. The largest absolute Gasteiger partial charge is 0.496 e. The van der Waals surface area contributed by atoms with Crippen LogP contribution in [0.25, 0.3) is 0 Å². The molecule has 1 aliphatic heterocycles. The van der Waals surface area contributed by atoms with Crippen molar-refractivity contribution in [1.82, 2.24) is 9.62 Å². The number of carbonyl (C=O) groups excluding carboxylic acids is 1. The molecule has 6 nitrogen and oxygen atoms in total. The number of hydrogen-bond acceptors (Lipinski definition) is 4. The highest BCUT2D eigenvalue weighted by molar-refractivity contribution is 7.89. The van der Waals surface area contributed by atoms with Gasteiger partial charge in [0.2, 0.25) is 15.9 Å². The highest BCUT2D eigenvalue weighted by Crippen LogP contribution is 2.20. The number of carbonyl (C=O) groups is 1. The molecule has 0 radical (unpaired) electrons. The van der Waals surface area contributed by atoms with E-state index in [1.54, 1.807) is 14.0 Å². The maximum absolute atomic E-state index is 12.3. The van der Waals surface area contributed by atoms with Gasteiger partial charge in [-0.3, -0.25) is 4.79 Å². The maximum atomic E-state index is 12.3. The number of nitrogens with one attached hydrogen (secondary N) is 1. The summed E-state index contributed by atoms with van der Waals surface area (Å²) in [4.78, 5) is 12.3. The predicted molar refractivity (Wildman–Crippen MR) is 93.5 cm³/mol. The molecule has 24 heavy (non-hydrogen) atoms. The van der Waals surface area contributed by atoms with Crippen LogP contribution in [0.5, 0.6) is 5.75 Å². The molecule has 1 aromatic carbocycles. The summed E-state index contributed by atoms with van der Waals surface area (Å²) in [6.45, 7) is 3.06. The average molecular weight is 354 g/mol. The SMILES string of the molecule is CCS(=O)(=O)N1CCC(C(=O)NCCc2ccccc2OC)CC1. The van der Waals surface area contributed by atoms with Crippen LogP contribution in [-0.2, 0) is 21.2 Å². The van der Waals surface area contributed by atoms with E-state index in [0.29, 0.717) is 38.9 Å². The second-order valence-corrected chi connectivity index (χ2v) is 8.18. The average Bonchev–Trinajstić information content (AvgIpc) is 2.62. The van der Waals surface area contributed by atoms with E-state index in [1.807, 2.05) is 24.3 Å². The molecule has 1 aromatic rings. The van der Waals surface area contributed by atoms with Crippen molar-refractivity contribution in [2.45, 2.75) is 26.2 Å². The van der Waals surface area contributed by atoms with Crippen molar-refractivity contribution in [3.63, 3.8) is 0 Å². The van der Waals surface area contributed by atoms with Crippen LogP contribution in [0.2, 0.25) is 0 Å². The third kappa shape index (κ3) is 4.70. The lowest BCUT2D eigenvalue weighted by Crippen LogP contribution is -2.43. The van der Waals surface area contributed by atoms with E-state index < -0.39 is 10.0 Å². The predicted octanol–water partition coefficient (Wildman–Crippen LogP) is 1.42. The molecule has 0 unspecified atom stereocenters. The zero-order valence-electron chi connectivity index (χ0n) is 14.3. The highest BCUT2D eigenvalue weighted by atomic mass is 32.2. The molecule has 1 aliphatic rings. The lowest BCUT2D eigenvalue weighted by molar-refractivity contribution is -0.126. The van der Waals surface area contributed by atoms with Gasteiger partial charge in [0, 0.05) is 25.6 Å². The van der Waals surface area contributed by atoms with Gasteiger partial charge in [0.15, 0.2) is 0 Å². The number of rotatable bonds is 7. The molecule has 134 valence electrons. The molecule has 1 fully saturated rings. The third-order valence-corrected chi connectivity index (χ3v) is 6.35. The van der Waals surface area contributed by atoms with Gasteiger partial charge in [0.1, 0.15) is 5.75 Å². The first-order valence-corrected chi connectivity index (χ1v) is 9.96. The topological polar surface area (TPSA) is 75.7 Å². The standard InChI is InChI=1S/C17H26N2O4S/c1-3-24(21,22)19-12-9-15(10-13-19)17(20)18-11-8-14-6-4-5-7-16(14)23-2/h4-7,15H,3,8-13H2,1-2H3,(H,18,20). The second kappa shape index (κ2) is 8.48. The van der Waals surface area contributed by atoms with Crippen molar-refractivity contribution < 1.29 is 17.9 Å². The number of para-hydroxylation sites is 1. The van der Waals surface area contributed by atoms with Gasteiger partial charge in [-0.1, -0.05) is 18.2 Å². The van der Waals surface area contributed by atoms with Gasteiger partial charge in [-0.25, -0.2) is 12.7 Å². The van der Waals surface area contributed by atoms with Crippen LogP contribution < -0.4 is 10.1 Å². The first-order valence-electron chi connectivity index (χ1n) is 8.35. The Balaban J connectivity index is 1.78. The van der Waals surface area contributed by atoms with E-state index in [4.69, 9.17) is 4.74 Å². The van der Waals surface area contributed by atoms with Crippen LogP contribution in [0.1, 0.15) is 25.3 Å². The molecule has 1 saturated heterocycles. The lowest BCUT2D eigenvalue weighted by Gasteiger charge is -2.30. The Hall–Kier alpha value is -1.60. The van der Waals surface area contributed by atoms with Crippen molar-refractivity contribution in [1.29, 1.82) is 0 Å². The van der Waals surface area contributed by atoms with Gasteiger partial charge in [0.25, 0.3) is 0 Å². The molecule has 0 bridgehead atoms. The zero-order valence-corrected chi connectivity index (χ0v) is 15.1. The van der Waals surface area contributed by atoms with E-state index in [2.05, 4.69) is 5.32 Å². The molecule has 0 aromatic heterocycles. The Labute approximate surface area is 144 Å². The van der Waals surface area contributed by atoms with Gasteiger partial charge in [0.05, 0.1) is 12.9 Å². The number of sulfonamides is 1. The molecule has 0 atom stereocenters. The summed E-state index contributed by atoms with van der Waals surface area (Å²) >= 11 is 0. The van der Waals surface area contributed by atoms with Crippen molar-refractivity contribution in [3.05, 3.63) is 29.8 Å². The summed E-state index contributed by atoms with van der Waals surface area (Å²) in [5, 5.41) is 2.96. The minimum absolute atomic E-state index is 0.0124. The summed E-state index contributed by atoms with van der Waals surface area (Å²) in [5.41, 5.74) is 1.06. The highest BCUT2D eigenvalue weighted by Gasteiger charge is 2.29. The number of piperidine rings is 1. The van der Waals surface area contributed by atoms with Crippen LogP contribution in [0.3, 0.4) is 0 Å². The Morgan fingerprint density at radius 2 is 1.96 bits per heavy atom. The number of amides is 1. The summed E-state index contributed by atoms with van der Waals surface area (Å²) in [6.07, 6.45) is 1.87. The molecular weight excluding hydrogens is 328 g/mol. The monoisotopic (exact) mass is 354 g/mol. The molecule has 1 N–H and O–H groups in total. The normalized spacial score (nSPS) is 16.8. The van der Waals surface area contributed by atoms with Crippen molar-refractivity contribution in [2.75, 3.05) is 32.5 Å². The lowest BCUT2D eigenvalue weighted by atomic mass is 9.97. The smallest absolute Gasteiger partial charge is 0.223 e. The summed E-state index contributed by atoms with van der Waals surface area (Å²) in [7, 11) is -1.51. The Kier molecular flexibility index (Phi) is 6.62. The van der Waals surface area contributed by atoms with E-state index in [9.17, 15) is 13.2 Å². The van der Waals surface area contributed by atoms with Crippen LogP contribution in [0.15, 0.2) is 24.3 Å². The molecule has 1 heterocycles. The van der Waals surface area contributed by atoms with Gasteiger partial charge in [-0.15, -0.1) is 0 Å². The van der Waals surface area contributed by atoms with Gasteiger partial charge < -0.3 is 10.1 Å². The quantitative estimate of drug-likeness (QED) is 0.803. The third-order valence-electron chi connectivity index (χ3n) is 4.47. The van der Waals surface area contributed by atoms with Gasteiger partial charge in [-0.05, 0) is 37.8 Å². The van der Waals surface area contributed by atoms with Gasteiger partial charge >= 0.3 is 0 Å². The van der Waals surface area contributed by atoms with E-state index in [1.165, 1.54) is 4.31 Å². The molecule has 0 aliphatic carbocycles. The van der Waals surface area contributed by atoms with Crippen molar-refractivity contribution in [3.8, 4) is 5.75 Å². The Morgan fingerprint density at radius 1 is 1.29 bits per heavy atom. The minimum Gasteiger partial charge on any atom is -0.496 e. The summed E-state index contributed by atoms with van der Waals surface area (Å²) in [5.74, 6) is 0.845. The number of nitrogens with zero attached hydrogens (tertiary/aromatic N) is 1. The van der Waals surface area contributed by atoms with Gasteiger partial charge in [-0.2, -0.15) is 0 Å². The van der Waals surface area contributed by atoms with Crippen LogP contribution >= 0.6 is 0 Å². The Bertz CT molecular complexity index is 652. The molecule has 7 heteroatoms. The van der Waals surface area contributed by atoms with E-state index >= 15 is 0 Å². The van der Waals surface area contributed by atoms with E-state index in [-0.39, 0.29) is 17.6 Å².